The van der Waals surface area contributed by atoms with E-state index in [9.17, 15) is 15.0 Å². The first-order valence-electron chi connectivity index (χ1n) is 14.2. The molecule has 1 aliphatic carbocycles. The van der Waals surface area contributed by atoms with Gasteiger partial charge in [0.05, 0.1) is 33.3 Å². The Kier molecular flexibility index (Phi) is 9.34. The van der Waals surface area contributed by atoms with Crippen molar-refractivity contribution in [2.45, 2.75) is 56.8 Å². The van der Waals surface area contributed by atoms with Gasteiger partial charge < -0.3 is 10.2 Å². The number of aryl methyl sites for hydroxylation is 1. The van der Waals surface area contributed by atoms with Crippen molar-refractivity contribution in [1.29, 1.82) is 0 Å². The molecule has 0 aliphatic heterocycles. The van der Waals surface area contributed by atoms with Gasteiger partial charge >= 0.3 is 5.97 Å². The van der Waals surface area contributed by atoms with Crippen molar-refractivity contribution in [3.05, 3.63) is 111 Å². The van der Waals surface area contributed by atoms with Crippen LogP contribution in [0, 0.1) is 5.41 Å². The van der Waals surface area contributed by atoms with E-state index >= 15 is 0 Å². The largest absolute Gasteiger partial charge is 0.481 e. The molecule has 1 atom stereocenters. The number of benzene rings is 3. The van der Waals surface area contributed by atoms with Crippen molar-refractivity contribution in [2.75, 3.05) is 5.75 Å². The molecule has 2 N–H and O–H groups in total. The molecular weight excluding hydrogens is 585 g/mol. The molecule has 1 aromatic heterocycles. The average Bonchev–Trinajstić information content (AvgIpc) is 3.71. The molecule has 1 aliphatic rings. The van der Waals surface area contributed by atoms with Gasteiger partial charge in [-0.2, -0.15) is 11.8 Å². The predicted octanol–water partition coefficient (Wildman–Crippen LogP) is 9.60. The van der Waals surface area contributed by atoms with Gasteiger partial charge in [0.1, 0.15) is 0 Å². The molecule has 218 valence electrons. The Morgan fingerprint density at radius 1 is 1.02 bits per heavy atom. The normalized spacial score (nSPS) is 15.3. The zero-order chi connectivity index (χ0) is 29.9. The molecule has 0 radical (unpaired) electrons. The second-order valence-corrected chi connectivity index (χ2v) is 13.8. The van der Waals surface area contributed by atoms with Gasteiger partial charge in [-0.05, 0) is 91.5 Å². The molecule has 0 saturated heterocycles. The molecule has 3 aromatic carbocycles. The Hall–Kier alpha value is -2.83. The van der Waals surface area contributed by atoms with Crippen LogP contribution in [-0.2, 0) is 16.8 Å². The smallest absolute Gasteiger partial charge is 0.303 e. The third-order valence-corrected chi connectivity index (χ3v) is 10.3. The molecule has 4 nitrogen and oxygen atoms in total. The Bertz CT molecular complexity index is 1620. The van der Waals surface area contributed by atoms with Crippen LogP contribution in [0.4, 0.5) is 0 Å². The van der Waals surface area contributed by atoms with E-state index in [-0.39, 0.29) is 17.1 Å². The van der Waals surface area contributed by atoms with Crippen LogP contribution < -0.4 is 0 Å². The summed E-state index contributed by atoms with van der Waals surface area (Å²) < 4.78 is 0. The number of rotatable bonds is 12. The minimum Gasteiger partial charge on any atom is -0.481 e. The lowest BCUT2D eigenvalue weighted by molar-refractivity contribution is -0.138. The zero-order valence-electron chi connectivity index (χ0n) is 23.8. The molecule has 4 aromatic rings. The van der Waals surface area contributed by atoms with Crippen LogP contribution in [0.3, 0.4) is 0 Å². The number of pyridine rings is 1. The highest BCUT2D eigenvalue weighted by molar-refractivity contribution is 7.99. The van der Waals surface area contributed by atoms with E-state index in [1.165, 1.54) is 5.56 Å². The van der Waals surface area contributed by atoms with Gasteiger partial charge in [0, 0.05) is 16.4 Å². The molecule has 0 unspecified atom stereocenters. The summed E-state index contributed by atoms with van der Waals surface area (Å²) in [4.78, 5) is 16.2. The predicted molar refractivity (Wildman–Crippen MR) is 176 cm³/mol. The van der Waals surface area contributed by atoms with Crippen LogP contribution in [0.1, 0.15) is 72.7 Å². The highest BCUT2D eigenvalue weighted by atomic mass is 35.5. The fourth-order valence-electron chi connectivity index (χ4n) is 5.39. The lowest BCUT2D eigenvalue weighted by Crippen LogP contribution is -2.18. The Labute approximate surface area is 261 Å². The van der Waals surface area contributed by atoms with E-state index < -0.39 is 11.6 Å². The maximum atomic E-state index is 11.5. The number of thioether (sulfide) groups is 1. The third kappa shape index (κ3) is 7.76. The molecule has 42 heavy (non-hydrogen) atoms. The number of hydrogen-bond acceptors (Lipinski definition) is 4. The van der Waals surface area contributed by atoms with Gasteiger partial charge in [-0.15, -0.1) is 0 Å². The SMILES string of the molecule is CC(C)(O)c1ccccc1CC[C@@H](SCC1(CC(=O)O)CC1)c1cccc(C=Cc2ccc3cc(Cl)c(Cl)cc3n2)c1. The summed E-state index contributed by atoms with van der Waals surface area (Å²) in [6.45, 7) is 3.65. The van der Waals surface area contributed by atoms with E-state index in [1.807, 2.05) is 68.1 Å². The van der Waals surface area contributed by atoms with Crippen LogP contribution in [0.5, 0.6) is 0 Å². The van der Waals surface area contributed by atoms with E-state index in [1.54, 1.807) is 6.07 Å². The number of carboxylic acid groups (broad SMARTS) is 1. The van der Waals surface area contributed by atoms with Crippen LogP contribution in [-0.4, -0.2) is 26.9 Å². The van der Waals surface area contributed by atoms with Gasteiger partial charge in [-0.1, -0.05) is 83.9 Å². The average molecular weight is 621 g/mol. The molecule has 7 heteroatoms. The quantitative estimate of drug-likeness (QED) is 0.165. The fourth-order valence-corrected chi connectivity index (χ4v) is 7.29. The summed E-state index contributed by atoms with van der Waals surface area (Å²) >= 11 is 14.2. The fraction of sp³-hybridized carbons (Fsp3) is 0.314. The van der Waals surface area contributed by atoms with Crippen molar-refractivity contribution < 1.29 is 15.0 Å². The van der Waals surface area contributed by atoms with Crippen molar-refractivity contribution in [3.8, 4) is 0 Å². The molecular formula is C35H35Cl2NO3S. The lowest BCUT2D eigenvalue weighted by Gasteiger charge is -2.24. The molecule has 0 bridgehead atoms. The second kappa shape index (κ2) is 12.8. The number of carboxylic acids is 1. The maximum Gasteiger partial charge on any atom is 0.303 e. The van der Waals surface area contributed by atoms with Crippen LogP contribution in [0.2, 0.25) is 10.0 Å². The van der Waals surface area contributed by atoms with E-state index in [0.29, 0.717) is 10.0 Å². The van der Waals surface area contributed by atoms with Gasteiger partial charge in [0.25, 0.3) is 0 Å². The summed E-state index contributed by atoms with van der Waals surface area (Å²) in [6.07, 6.45) is 7.93. The van der Waals surface area contributed by atoms with Crippen LogP contribution in [0.25, 0.3) is 23.1 Å². The van der Waals surface area contributed by atoms with Crippen molar-refractivity contribution >= 4 is 64.0 Å². The summed E-state index contributed by atoms with van der Waals surface area (Å²) in [6, 6.07) is 24.2. The zero-order valence-corrected chi connectivity index (χ0v) is 26.1. The highest BCUT2D eigenvalue weighted by Gasteiger charge is 2.44. The van der Waals surface area contributed by atoms with Gasteiger partial charge in [0.15, 0.2) is 0 Å². The first kappa shape index (κ1) is 30.6. The van der Waals surface area contributed by atoms with E-state index in [4.69, 9.17) is 28.2 Å². The Balaban J connectivity index is 1.37. The van der Waals surface area contributed by atoms with Crippen LogP contribution >= 0.6 is 35.0 Å². The molecule has 0 spiro atoms. The van der Waals surface area contributed by atoms with Gasteiger partial charge in [0.2, 0.25) is 0 Å². The summed E-state index contributed by atoms with van der Waals surface area (Å²) in [5.74, 6) is 0.105. The van der Waals surface area contributed by atoms with Crippen molar-refractivity contribution in [3.63, 3.8) is 0 Å². The number of carbonyl (C=O) groups is 1. The maximum absolute atomic E-state index is 11.5. The highest BCUT2D eigenvalue weighted by Crippen LogP contribution is 2.53. The van der Waals surface area contributed by atoms with Crippen LogP contribution in [0.15, 0.2) is 72.8 Å². The number of aliphatic carboxylic acids is 1. The number of halogens is 2. The number of nitrogens with zero attached hydrogens (tertiary/aromatic N) is 1. The monoisotopic (exact) mass is 619 g/mol. The standard InChI is InChI=1S/C35H35Cl2NO3S/c1-34(2,41)28-9-4-3-7-24(28)12-15-32(42-22-35(16-17-35)21-33(39)40)26-8-5-6-23(18-26)10-13-27-14-11-25-19-29(36)30(37)20-31(25)38-27/h3-11,13-14,18-20,32,41H,12,15-17,21-22H2,1-2H3,(H,39,40)/t32-/m1/s1. The minimum atomic E-state index is -0.919. The van der Waals surface area contributed by atoms with Gasteiger partial charge in [-0.25, -0.2) is 4.98 Å². The van der Waals surface area contributed by atoms with Crippen molar-refractivity contribution in [1.82, 2.24) is 4.98 Å². The number of aromatic nitrogens is 1. The second-order valence-electron chi connectivity index (χ2n) is 11.8. The van der Waals surface area contributed by atoms with Crippen molar-refractivity contribution in [2.24, 2.45) is 5.41 Å². The summed E-state index contributed by atoms with van der Waals surface area (Å²) in [5.41, 5.74) is 4.97. The number of aliphatic hydroxyl groups is 1. The molecule has 1 heterocycles. The Morgan fingerprint density at radius 3 is 2.52 bits per heavy atom. The minimum absolute atomic E-state index is 0.0911. The summed E-state index contributed by atoms with van der Waals surface area (Å²) in [5, 5.41) is 22.3. The first-order chi connectivity index (χ1) is 20.0. The number of fused-ring (bicyclic) bond motifs is 1. The number of hydrogen-bond donors (Lipinski definition) is 2. The molecule has 1 fully saturated rings. The molecule has 5 rings (SSSR count). The third-order valence-electron chi connectivity index (χ3n) is 7.91. The Morgan fingerprint density at radius 2 is 1.79 bits per heavy atom. The lowest BCUT2D eigenvalue weighted by atomic mass is 9.90. The molecule has 0 amide bonds. The van der Waals surface area contributed by atoms with E-state index in [2.05, 4.69) is 36.4 Å². The first-order valence-corrected chi connectivity index (χ1v) is 16.0. The molecule has 1 saturated carbocycles. The van der Waals surface area contributed by atoms with E-state index in [0.717, 1.165) is 64.7 Å². The van der Waals surface area contributed by atoms with Gasteiger partial charge in [-0.3, -0.25) is 4.79 Å². The topological polar surface area (TPSA) is 70.4 Å². The summed E-state index contributed by atoms with van der Waals surface area (Å²) in [7, 11) is 0.